The van der Waals surface area contributed by atoms with Gasteiger partial charge in [-0.15, -0.1) is 0 Å². The second-order valence-corrected chi connectivity index (χ2v) is 9.69. The van der Waals surface area contributed by atoms with Crippen molar-refractivity contribution in [3.05, 3.63) is 60.2 Å². The van der Waals surface area contributed by atoms with Gasteiger partial charge in [-0.25, -0.2) is 8.42 Å². The predicted molar refractivity (Wildman–Crippen MR) is 124 cm³/mol. The summed E-state index contributed by atoms with van der Waals surface area (Å²) in [7, 11) is 2.04. The van der Waals surface area contributed by atoms with E-state index in [0.29, 0.717) is 30.4 Å². The van der Waals surface area contributed by atoms with Gasteiger partial charge in [0.25, 0.3) is 0 Å². The lowest BCUT2D eigenvalue weighted by Crippen LogP contribution is -2.44. The molecule has 2 aromatic carbocycles. The Kier molecular flexibility index (Phi) is 7.92. The van der Waals surface area contributed by atoms with Crippen molar-refractivity contribution in [2.75, 3.05) is 40.8 Å². The average Bonchev–Trinajstić information content (AvgIpc) is 2.80. The van der Waals surface area contributed by atoms with Gasteiger partial charge in [-0.3, -0.25) is 4.99 Å². The van der Waals surface area contributed by atoms with E-state index in [4.69, 9.17) is 4.74 Å². The van der Waals surface area contributed by atoms with E-state index in [2.05, 4.69) is 15.2 Å². The predicted octanol–water partition coefficient (Wildman–Crippen LogP) is 2.80. The van der Waals surface area contributed by atoms with Crippen molar-refractivity contribution in [1.82, 2.24) is 14.5 Å². The molecule has 0 atom stereocenters. The number of benzene rings is 2. The smallest absolute Gasteiger partial charge is 0.243 e. The molecule has 0 radical (unpaired) electrons. The van der Waals surface area contributed by atoms with Gasteiger partial charge in [0, 0.05) is 45.8 Å². The Morgan fingerprint density at radius 3 is 2.42 bits per heavy atom. The second kappa shape index (κ2) is 10.6. The van der Waals surface area contributed by atoms with Crippen molar-refractivity contribution in [1.29, 1.82) is 0 Å². The van der Waals surface area contributed by atoms with Crippen LogP contribution in [-0.4, -0.2) is 64.4 Å². The van der Waals surface area contributed by atoms with Crippen LogP contribution in [0.3, 0.4) is 0 Å². The molecule has 0 unspecified atom stereocenters. The topological polar surface area (TPSA) is 74.2 Å². The number of sulfonamides is 1. The van der Waals surface area contributed by atoms with Crippen LogP contribution in [0.2, 0.25) is 0 Å². The minimum atomic E-state index is -3.41. The van der Waals surface area contributed by atoms with Crippen LogP contribution in [0.25, 0.3) is 0 Å². The van der Waals surface area contributed by atoms with E-state index >= 15 is 0 Å². The number of aliphatic imine (C=N–C) groups is 1. The minimum Gasteiger partial charge on any atom is -0.496 e. The summed E-state index contributed by atoms with van der Waals surface area (Å²) in [6.45, 7) is 2.53. The van der Waals surface area contributed by atoms with Gasteiger partial charge in [0.2, 0.25) is 10.0 Å². The van der Waals surface area contributed by atoms with Crippen molar-refractivity contribution in [2.24, 2.45) is 10.9 Å². The summed E-state index contributed by atoms with van der Waals surface area (Å²) in [6.07, 6.45) is 1.65. The Labute approximate surface area is 185 Å². The molecular formula is C23H32N4O3S. The molecule has 8 heteroatoms. The number of ether oxygens (including phenoxy) is 1. The van der Waals surface area contributed by atoms with Gasteiger partial charge in [0.1, 0.15) is 5.75 Å². The quantitative estimate of drug-likeness (QED) is 0.525. The molecule has 31 heavy (non-hydrogen) atoms. The van der Waals surface area contributed by atoms with Gasteiger partial charge < -0.3 is 15.0 Å². The van der Waals surface area contributed by atoms with E-state index in [1.54, 1.807) is 42.7 Å². The highest BCUT2D eigenvalue weighted by atomic mass is 32.2. The van der Waals surface area contributed by atoms with Crippen LogP contribution in [0.4, 0.5) is 0 Å². The molecule has 168 valence electrons. The SMILES string of the molecule is CN=C(NCC1CCN(S(=O)(=O)c2ccccc2)CC1)N(C)Cc1ccccc1OC. The van der Waals surface area contributed by atoms with Crippen molar-refractivity contribution in [3.8, 4) is 5.75 Å². The van der Waals surface area contributed by atoms with Crippen LogP contribution in [0.15, 0.2) is 64.5 Å². The van der Waals surface area contributed by atoms with Gasteiger partial charge in [0.15, 0.2) is 5.96 Å². The molecule has 1 heterocycles. The summed E-state index contributed by atoms with van der Waals surface area (Å²) < 4.78 is 32.6. The largest absolute Gasteiger partial charge is 0.496 e. The third kappa shape index (κ3) is 5.77. The maximum atomic E-state index is 12.8. The maximum absolute atomic E-state index is 12.8. The lowest BCUT2D eigenvalue weighted by Gasteiger charge is -2.32. The summed E-state index contributed by atoms with van der Waals surface area (Å²) in [5, 5.41) is 3.45. The lowest BCUT2D eigenvalue weighted by molar-refractivity contribution is 0.272. The summed E-state index contributed by atoms with van der Waals surface area (Å²) >= 11 is 0. The fraction of sp³-hybridized carbons (Fsp3) is 0.435. The third-order valence-electron chi connectivity index (χ3n) is 5.68. The first kappa shape index (κ1) is 23.1. The molecule has 0 aromatic heterocycles. The van der Waals surface area contributed by atoms with Crippen LogP contribution in [0.1, 0.15) is 18.4 Å². The Morgan fingerprint density at radius 2 is 1.77 bits per heavy atom. The molecule has 1 saturated heterocycles. The number of piperidine rings is 1. The van der Waals surface area contributed by atoms with Crippen LogP contribution in [0.5, 0.6) is 5.75 Å². The molecular weight excluding hydrogens is 412 g/mol. The summed E-state index contributed by atoms with van der Waals surface area (Å²) in [4.78, 5) is 6.83. The van der Waals surface area contributed by atoms with E-state index in [1.165, 1.54) is 0 Å². The Morgan fingerprint density at radius 1 is 1.13 bits per heavy atom. The molecule has 0 aliphatic carbocycles. The van der Waals surface area contributed by atoms with Gasteiger partial charge in [-0.05, 0) is 37.0 Å². The molecule has 3 rings (SSSR count). The van der Waals surface area contributed by atoms with Crippen LogP contribution < -0.4 is 10.1 Å². The van der Waals surface area contributed by atoms with E-state index in [1.807, 2.05) is 37.4 Å². The first-order valence-electron chi connectivity index (χ1n) is 10.5. The fourth-order valence-corrected chi connectivity index (χ4v) is 5.37. The Hall–Kier alpha value is -2.58. The molecule has 1 aliphatic rings. The van der Waals surface area contributed by atoms with Crippen molar-refractivity contribution < 1.29 is 13.2 Å². The third-order valence-corrected chi connectivity index (χ3v) is 7.59. The molecule has 0 amide bonds. The summed E-state index contributed by atoms with van der Waals surface area (Å²) in [5.41, 5.74) is 1.09. The van der Waals surface area contributed by atoms with Gasteiger partial charge in [0.05, 0.1) is 12.0 Å². The van der Waals surface area contributed by atoms with Gasteiger partial charge in [-0.2, -0.15) is 4.31 Å². The number of para-hydroxylation sites is 1. The maximum Gasteiger partial charge on any atom is 0.243 e. The minimum absolute atomic E-state index is 0.366. The average molecular weight is 445 g/mol. The molecule has 1 N–H and O–H groups in total. The highest BCUT2D eigenvalue weighted by Gasteiger charge is 2.29. The number of nitrogens with one attached hydrogen (secondary N) is 1. The summed E-state index contributed by atoms with van der Waals surface area (Å²) in [6, 6.07) is 16.6. The van der Waals surface area contributed by atoms with E-state index < -0.39 is 10.0 Å². The zero-order chi connectivity index (χ0) is 22.3. The van der Waals surface area contributed by atoms with Gasteiger partial charge >= 0.3 is 0 Å². The zero-order valence-corrected chi connectivity index (χ0v) is 19.3. The van der Waals surface area contributed by atoms with Crippen LogP contribution >= 0.6 is 0 Å². The van der Waals surface area contributed by atoms with E-state index in [-0.39, 0.29) is 0 Å². The number of hydrogen-bond acceptors (Lipinski definition) is 4. The zero-order valence-electron chi connectivity index (χ0n) is 18.5. The fourth-order valence-electron chi connectivity index (χ4n) is 3.88. The van der Waals surface area contributed by atoms with Crippen molar-refractivity contribution in [3.63, 3.8) is 0 Å². The molecule has 0 saturated carbocycles. The number of hydrogen-bond donors (Lipinski definition) is 1. The van der Waals surface area contributed by atoms with Crippen molar-refractivity contribution in [2.45, 2.75) is 24.3 Å². The standard InChI is InChI=1S/C23H32N4O3S/c1-24-23(26(2)18-20-9-7-8-12-22(20)30-3)25-17-19-13-15-27(16-14-19)31(28,29)21-10-5-4-6-11-21/h4-12,19H,13-18H2,1-3H3,(H,24,25). The Balaban J connectivity index is 1.51. The number of guanidine groups is 1. The number of rotatable bonds is 7. The normalized spacial score (nSPS) is 16.2. The highest BCUT2D eigenvalue weighted by Crippen LogP contribution is 2.23. The first-order valence-corrected chi connectivity index (χ1v) is 12.0. The second-order valence-electron chi connectivity index (χ2n) is 7.76. The number of nitrogens with zero attached hydrogens (tertiary/aromatic N) is 3. The van der Waals surface area contributed by atoms with Gasteiger partial charge in [-0.1, -0.05) is 36.4 Å². The first-order chi connectivity index (χ1) is 15.0. The van der Waals surface area contributed by atoms with Crippen LogP contribution in [0, 0.1) is 5.92 Å². The molecule has 0 bridgehead atoms. The van der Waals surface area contributed by atoms with Crippen LogP contribution in [-0.2, 0) is 16.6 Å². The van der Waals surface area contributed by atoms with E-state index in [0.717, 1.165) is 36.7 Å². The molecule has 1 fully saturated rings. The monoisotopic (exact) mass is 444 g/mol. The summed E-state index contributed by atoms with van der Waals surface area (Å²) in [5.74, 6) is 2.07. The molecule has 7 nitrogen and oxygen atoms in total. The molecule has 0 spiro atoms. The molecule has 1 aliphatic heterocycles. The van der Waals surface area contributed by atoms with E-state index in [9.17, 15) is 8.42 Å². The lowest BCUT2D eigenvalue weighted by atomic mass is 9.98. The Bertz CT molecular complexity index is 971. The molecule has 2 aromatic rings. The number of methoxy groups -OCH3 is 1. The van der Waals surface area contributed by atoms with Crippen molar-refractivity contribution >= 4 is 16.0 Å². The highest BCUT2D eigenvalue weighted by molar-refractivity contribution is 7.89.